The fourth-order valence-corrected chi connectivity index (χ4v) is 2.66. The number of thiazole rings is 1. The van der Waals surface area contributed by atoms with Gasteiger partial charge in [0.15, 0.2) is 0 Å². The Hall–Kier alpha value is -0.710. The molecular weight excluding hydrogens is 308 g/mol. The van der Waals surface area contributed by atoms with Crippen molar-refractivity contribution in [3.63, 3.8) is 0 Å². The van der Waals surface area contributed by atoms with Crippen LogP contribution in [0.1, 0.15) is 25.8 Å². The average Bonchev–Trinajstić information content (AvgIpc) is 2.74. The summed E-state index contributed by atoms with van der Waals surface area (Å²) < 4.78 is 1.09. The molecule has 0 bridgehead atoms. The Bertz CT molecular complexity index is 529. The van der Waals surface area contributed by atoms with Gasteiger partial charge in [-0.15, -0.1) is 11.3 Å². The van der Waals surface area contributed by atoms with E-state index in [4.69, 9.17) is 0 Å². The number of hydrogen-bond donors (Lipinski definition) is 1. The van der Waals surface area contributed by atoms with E-state index in [9.17, 15) is 0 Å². The van der Waals surface area contributed by atoms with Crippen LogP contribution in [0.3, 0.4) is 0 Å². The van der Waals surface area contributed by atoms with Crippen LogP contribution in [-0.4, -0.2) is 10.5 Å². The van der Waals surface area contributed by atoms with Gasteiger partial charge in [-0.25, -0.2) is 4.98 Å². The first-order chi connectivity index (χ1) is 8.44. The van der Waals surface area contributed by atoms with Crippen LogP contribution in [0.2, 0.25) is 0 Å². The maximum Gasteiger partial charge on any atom is 0.107 e. The smallest absolute Gasteiger partial charge is 0.107 e. The van der Waals surface area contributed by atoms with Crippen LogP contribution < -0.4 is 5.32 Å². The largest absolute Gasteiger partial charge is 0.306 e. The molecule has 1 heterocycles. The van der Waals surface area contributed by atoms with Crippen LogP contribution in [0.25, 0.3) is 11.3 Å². The fraction of sp³-hybridized carbons (Fsp3) is 0.357. The second-order valence-electron chi connectivity index (χ2n) is 5.24. The molecule has 1 N–H and O–H groups in total. The summed E-state index contributed by atoms with van der Waals surface area (Å²) in [7, 11) is 0. The summed E-state index contributed by atoms with van der Waals surface area (Å²) in [5.74, 6) is 0. The van der Waals surface area contributed by atoms with Crippen LogP contribution in [0.15, 0.2) is 34.1 Å². The molecule has 0 aliphatic heterocycles. The highest BCUT2D eigenvalue weighted by Gasteiger charge is 2.10. The Morgan fingerprint density at radius 2 is 2.11 bits per heavy atom. The molecular formula is C14H17BrN2S. The standard InChI is InChI=1S/C14H17BrN2S/c1-14(2,3)16-8-13-17-12(9-18-13)10-5-4-6-11(15)7-10/h4-7,9,16H,8H2,1-3H3. The Balaban J connectivity index is 2.11. The van der Waals surface area contributed by atoms with Crippen molar-refractivity contribution in [3.05, 3.63) is 39.1 Å². The SMILES string of the molecule is CC(C)(C)NCc1nc(-c2cccc(Br)c2)cs1. The molecule has 0 radical (unpaired) electrons. The lowest BCUT2D eigenvalue weighted by molar-refractivity contribution is 0.424. The molecule has 0 saturated heterocycles. The Morgan fingerprint density at radius 3 is 2.78 bits per heavy atom. The molecule has 0 saturated carbocycles. The highest BCUT2D eigenvalue weighted by Crippen LogP contribution is 2.24. The Kier molecular flexibility index (Phi) is 4.20. The molecule has 0 fully saturated rings. The van der Waals surface area contributed by atoms with Crippen molar-refractivity contribution in [2.24, 2.45) is 0 Å². The van der Waals surface area contributed by atoms with E-state index in [0.29, 0.717) is 0 Å². The summed E-state index contributed by atoms with van der Waals surface area (Å²) in [5.41, 5.74) is 2.33. The third-order valence-electron chi connectivity index (χ3n) is 2.44. The monoisotopic (exact) mass is 324 g/mol. The molecule has 1 aromatic heterocycles. The van der Waals surface area contributed by atoms with Crippen LogP contribution in [-0.2, 0) is 6.54 Å². The highest BCUT2D eigenvalue weighted by molar-refractivity contribution is 9.10. The molecule has 18 heavy (non-hydrogen) atoms. The van der Waals surface area contributed by atoms with Gasteiger partial charge >= 0.3 is 0 Å². The van der Waals surface area contributed by atoms with E-state index in [1.54, 1.807) is 11.3 Å². The van der Waals surface area contributed by atoms with E-state index in [1.165, 1.54) is 0 Å². The number of hydrogen-bond acceptors (Lipinski definition) is 3. The van der Waals surface area contributed by atoms with E-state index in [2.05, 4.69) is 64.5 Å². The second-order valence-corrected chi connectivity index (χ2v) is 7.10. The third-order valence-corrected chi connectivity index (χ3v) is 3.78. The van der Waals surface area contributed by atoms with E-state index in [0.717, 1.165) is 27.3 Å². The molecule has 0 aliphatic rings. The van der Waals surface area contributed by atoms with Gasteiger partial charge in [-0.2, -0.15) is 0 Å². The first-order valence-corrected chi connectivity index (χ1v) is 7.57. The summed E-state index contributed by atoms with van der Waals surface area (Å²) in [6.45, 7) is 7.31. The summed E-state index contributed by atoms with van der Waals surface area (Å²) in [6, 6.07) is 8.24. The highest BCUT2D eigenvalue weighted by atomic mass is 79.9. The van der Waals surface area contributed by atoms with Crippen molar-refractivity contribution in [1.29, 1.82) is 0 Å². The first kappa shape index (κ1) is 13.7. The second kappa shape index (κ2) is 5.51. The molecule has 0 unspecified atom stereocenters. The molecule has 1 aromatic carbocycles. The van der Waals surface area contributed by atoms with Gasteiger partial charge in [-0.05, 0) is 32.9 Å². The molecule has 2 aromatic rings. The molecule has 0 aliphatic carbocycles. The van der Waals surface area contributed by atoms with E-state index in [1.807, 2.05) is 12.1 Å². The van der Waals surface area contributed by atoms with Crippen molar-refractivity contribution in [3.8, 4) is 11.3 Å². The Morgan fingerprint density at radius 1 is 1.33 bits per heavy atom. The maximum atomic E-state index is 4.66. The van der Waals surface area contributed by atoms with Crippen LogP contribution in [0.4, 0.5) is 0 Å². The van der Waals surface area contributed by atoms with E-state index < -0.39 is 0 Å². The van der Waals surface area contributed by atoms with Crippen molar-refractivity contribution in [2.75, 3.05) is 0 Å². The zero-order valence-electron chi connectivity index (χ0n) is 10.8. The van der Waals surface area contributed by atoms with E-state index >= 15 is 0 Å². The number of rotatable bonds is 3. The molecule has 0 amide bonds. The van der Waals surface area contributed by atoms with Crippen LogP contribution in [0, 0.1) is 0 Å². The quantitative estimate of drug-likeness (QED) is 0.901. The average molecular weight is 325 g/mol. The lowest BCUT2D eigenvalue weighted by Gasteiger charge is -2.19. The van der Waals surface area contributed by atoms with Gasteiger partial charge in [0, 0.05) is 27.5 Å². The van der Waals surface area contributed by atoms with E-state index in [-0.39, 0.29) is 5.54 Å². The van der Waals surface area contributed by atoms with Crippen molar-refractivity contribution >= 4 is 27.3 Å². The Labute approximate surface area is 121 Å². The lowest BCUT2D eigenvalue weighted by atomic mass is 10.1. The molecule has 0 atom stereocenters. The van der Waals surface area contributed by atoms with Gasteiger partial charge in [0.05, 0.1) is 5.69 Å². The predicted octanol–water partition coefficient (Wildman–Crippen LogP) is 4.46. The van der Waals surface area contributed by atoms with Crippen molar-refractivity contribution < 1.29 is 0 Å². The summed E-state index contributed by atoms with van der Waals surface area (Å²) >= 11 is 5.19. The summed E-state index contributed by atoms with van der Waals surface area (Å²) in [6.07, 6.45) is 0. The molecule has 2 nitrogen and oxygen atoms in total. The van der Waals surface area contributed by atoms with Gasteiger partial charge in [0.1, 0.15) is 5.01 Å². The summed E-state index contributed by atoms with van der Waals surface area (Å²) in [5, 5.41) is 6.69. The molecule has 2 rings (SSSR count). The number of nitrogens with one attached hydrogen (secondary N) is 1. The maximum absolute atomic E-state index is 4.66. The van der Waals surface area contributed by atoms with Gasteiger partial charge < -0.3 is 5.32 Å². The van der Waals surface area contributed by atoms with Gasteiger partial charge in [-0.3, -0.25) is 0 Å². The number of aromatic nitrogens is 1. The molecule has 4 heteroatoms. The minimum absolute atomic E-state index is 0.127. The molecule has 0 spiro atoms. The van der Waals surface area contributed by atoms with Crippen LogP contribution in [0.5, 0.6) is 0 Å². The minimum atomic E-state index is 0.127. The number of halogens is 1. The number of nitrogens with zero attached hydrogens (tertiary/aromatic N) is 1. The molecule has 96 valence electrons. The zero-order chi connectivity index (χ0) is 13.2. The zero-order valence-corrected chi connectivity index (χ0v) is 13.2. The normalized spacial score (nSPS) is 11.8. The summed E-state index contributed by atoms with van der Waals surface area (Å²) in [4.78, 5) is 4.66. The minimum Gasteiger partial charge on any atom is -0.306 e. The van der Waals surface area contributed by atoms with Crippen molar-refractivity contribution in [1.82, 2.24) is 10.3 Å². The van der Waals surface area contributed by atoms with Gasteiger partial charge in [0.2, 0.25) is 0 Å². The third kappa shape index (κ3) is 3.90. The fourth-order valence-electron chi connectivity index (χ4n) is 1.51. The number of benzene rings is 1. The topological polar surface area (TPSA) is 24.9 Å². The van der Waals surface area contributed by atoms with Crippen LogP contribution >= 0.6 is 27.3 Å². The van der Waals surface area contributed by atoms with Gasteiger partial charge in [-0.1, -0.05) is 28.1 Å². The van der Waals surface area contributed by atoms with Crippen molar-refractivity contribution in [2.45, 2.75) is 32.9 Å². The first-order valence-electron chi connectivity index (χ1n) is 5.89. The predicted molar refractivity (Wildman–Crippen MR) is 81.8 cm³/mol. The van der Waals surface area contributed by atoms with Gasteiger partial charge in [0.25, 0.3) is 0 Å². The lowest BCUT2D eigenvalue weighted by Crippen LogP contribution is -2.34.